The molecule has 2 atom stereocenters. The van der Waals surface area contributed by atoms with Gasteiger partial charge in [0.25, 0.3) is 5.91 Å². The molecule has 0 aromatic heterocycles. The Morgan fingerprint density at radius 2 is 1.85 bits per heavy atom. The lowest BCUT2D eigenvalue weighted by Crippen LogP contribution is -2.48. The minimum Gasteiger partial charge on any atom is -0.354 e. The average molecular weight is 517 g/mol. The first-order chi connectivity index (χ1) is 16.3. The highest BCUT2D eigenvalue weighted by atomic mass is 35.5. The summed E-state index contributed by atoms with van der Waals surface area (Å²) in [6, 6.07) is 17.9. The normalized spacial score (nSPS) is 17.6. The number of nitrogens with one attached hydrogen (secondary N) is 1. The summed E-state index contributed by atoms with van der Waals surface area (Å²) < 4.78 is 13.9. The SMILES string of the molecule is Cc1ccc(C(=O)N2C(C(=O)NCCc3ccc(Cl)cc3Cl)CSC2c2cccc(F)c2)cc1. The van der Waals surface area contributed by atoms with Crippen molar-refractivity contribution >= 4 is 46.8 Å². The van der Waals surface area contributed by atoms with E-state index in [0.717, 1.165) is 11.1 Å². The molecule has 0 radical (unpaired) electrons. The molecule has 3 aromatic rings. The van der Waals surface area contributed by atoms with Gasteiger partial charge in [0, 0.05) is 27.9 Å². The molecule has 2 amide bonds. The Morgan fingerprint density at radius 1 is 1.09 bits per heavy atom. The average Bonchev–Trinajstić information content (AvgIpc) is 3.26. The molecule has 1 saturated heterocycles. The first-order valence-electron chi connectivity index (χ1n) is 10.8. The third-order valence-electron chi connectivity index (χ3n) is 5.68. The summed E-state index contributed by atoms with van der Waals surface area (Å²) in [5.74, 6) is -0.488. The summed E-state index contributed by atoms with van der Waals surface area (Å²) in [6.07, 6.45) is 0.529. The summed E-state index contributed by atoms with van der Waals surface area (Å²) in [4.78, 5) is 28.3. The van der Waals surface area contributed by atoms with Gasteiger partial charge in [-0.2, -0.15) is 0 Å². The minimum absolute atomic E-state index is 0.253. The molecule has 8 heteroatoms. The van der Waals surface area contributed by atoms with E-state index in [1.165, 1.54) is 23.9 Å². The Morgan fingerprint density at radius 3 is 2.56 bits per heavy atom. The number of rotatable bonds is 6. The monoisotopic (exact) mass is 516 g/mol. The molecule has 0 spiro atoms. The molecule has 0 saturated carbocycles. The second kappa shape index (κ2) is 10.8. The predicted octanol–water partition coefficient (Wildman–Crippen LogP) is 6.06. The zero-order valence-electron chi connectivity index (χ0n) is 18.4. The second-order valence-corrected chi connectivity index (χ2v) is 10.1. The van der Waals surface area contributed by atoms with Crippen LogP contribution >= 0.6 is 35.0 Å². The van der Waals surface area contributed by atoms with Crippen LogP contribution in [0.3, 0.4) is 0 Å². The third-order valence-corrected chi connectivity index (χ3v) is 7.59. The smallest absolute Gasteiger partial charge is 0.255 e. The van der Waals surface area contributed by atoms with E-state index in [9.17, 15) is 14.0 Å². The number of aryl methyl sites for hydroxylation is 1. The largest absolute Gasteiger partial charge is 0.354 e. The van der Waals surface area contributed by atoms with Crippen molar-refractivity contribution in [3.05, 3.63) is 105 Å². The van der Waals surface area contributed by atoms with E-state index in [1.807, 2.05) is 25.1 Å². The molecule has 2 unspecified atom stereocenters. The molecule has 1 aliphatic heterocycles. The summed E-state index contributed by atoms with van der Waals surface area (Å²) in [7, 11) is 0. The number of thioether (sulfide) groups is 1. The van der Waals surface area contributed by atoms with Gasteiger partial charge >= 0.3 is 0 Å². The van der Waals surface area contributed by atoms with E-state index >= 15 is 0 Å². The maximum absolute atomic E-state index is 13.9. The van der Waals surface area contributed by atoms with E-state index in [1.54, 1.807) is 41.3 Å². The summed E-state index contributed by atoms with van der Waals surface area (Å²) in [6.45, 7) is 2.30. The quantitative estimate of drug-likeness (QED) is 0.433. The van der Waals surface area contributed by atoms with Crippen LogP contribution in [0.2, 0.25) is 10.0 Å². The van der Waals surface area contributed by atoms with E-state index in [2.05, 4.69) is 5.32 Å². The van der Waals surface area contributed by atoms with Crippen molar-refractivity contribution in [2.24, 2.45) is 0 Å². The van der Waals surface area contributed by atoms with Crippen molar-refractivity contribution < 1.29 is 14.0 Å². The highest BCUT2D eigenvalue weighted by Crippen LogP contribution is 2.42. The van der Waals surface area contributed by atoms with E-state index in [-0.39, 0.29) is 17.6 Å². The highest BCUT2D eigenvalue weighted by Gasteiger charge is 2.42. The van der Waals surface area contributed by atoms with E-state index < -0.39 is 11.4 Å². The van der Waals surface area contributed by atoms with Gasteiger partial charge in [0.2, 0.25) is 5.91 Å². The zero-order chi connectivity index (χ0) is 24.2. The fourth-order valence-electron chi connectivity index (χ4n) is 3.88. The van der Waals surface area contributed by atoms with Gasteiger partial charge in [0.15, 0.2) is 0 Å². The second-order valence-electron chi connectivity index (χ2n) is 8.11. The lowest BCUT2D eigenvalue weighted by atomic mass is 10.1. The Kier molecular flexibility index (Phi) is 7.81. The Hall–Kier alpha value is -2.54. The van der Waals surface area contributed by atoms with Gasteiger partial charge in [0.1, 0.15) is 17.2 Å². The van der Waals surface area contributed by atoms with Crippen LogP contribution in [0.25, 0.3) is 0 Å². The highest BCUT2D eigenvalue weighted by molar-refractivity contribution is 7.99. The lowest BCUT2D eigenvalue weighted by molar-refractivity contribution is -0.124. The first-order valence-corrected chi connectivity index (χ1v) is 12.6. The molecule has 1 heterocycles. The van der Waals surface area contributed by atoms with Crippen LogP contribution in [0.15, 0.2) is 66.7 Å². The summed E-state index contributed by atoms with van der Waals surface area (Å²) in [5.41, 5.74) is 3.04. The van der Waals surface area contributed by atoms with Gasteiger partial charge < -0.3 is 10.2 Å². The van der Waals surface area contributed by atoms with E-state index in [0.29, 0.717) is 39.9 Å². The third kappa shape index (κ3) is 5.57. The molecular formula is C26H23Cl2FN2O2S. The number of carbonyl (C=O) groups is 2. The van der Waals surface area contributed by atoms with Crippen LogP contribution in [0.1, 0.15) is 32.4 Å². The van der Waals surface area contributed by atoms with Gasteiger partial charge in [0.05, 0.1) is 0 Å². The Balaban J connectivity index is 1.53. The van der Waals surface area contributed by atoms with Gasteiger partial charge in [-0.25, -0.2) is 4.39 Å². The van der Waals surface area contributed by atoms with Gasteiger partial charge in [-0.3, -0.25) is 9.59 Å². The van der Waals surface area contributed by atoms with Crippen LogP contribution in [-0.2, 0) is 11.2 Å². The number of nitrogens with zero attached hydrogens (tertiary/aromatic N) is 1. The first kappa shape index (κ1) is 24.6. The molecule has 0 aliphatic carbocycles. The van der Waals surface area contributed by atoms with Crippen molar-refractivity contribution in [3.8, 4) is 0 Å². The standard InChI is InChI=1S/C26H23Cl2FN2O2S/c1-16-5-7-18(8-6-16)25(33)31-23(15-34-26(31)19-3-2-4-21(29)13-19)24(32)30-12-11-17-9-10-20(27)14-22(17)28/h2-10,13-14,23,26H,11-12,15H2,1H3,(H,30,32). The maximum Gasteiger partial charge on any atom is 0.255 e. The molecule has 1 aliphatic rings. The molecule has 4 rings (SSSR count). The van der Waals surface area contributed by atoms with Crippen LogP contribution in [0.4, 0.5) is 4.39 Å². The van der Waals surface area contributed by atoms with Crippen LogP contribution in [0.5, 0.6) is 0 Å². The van der Waals surface area contributed by atoms with Crippen LogP contribution in [0, 0.1) is 12.7 Å². The maximum atomic E-state index is 13.9. The molecule has 4 nitrogen and oxygen atoms in total. The summed E-state index contributed by atoms with van der Waals surface area (Å²) >= 11 is 13.6. The molecule has 3 aromatic carbocycles. The van der Waals surface area contributed by atoms with Crippen molar-refractivity contribution in [3.63, 3.8) is 0 Å². The number of amides is 2. The van der Waals surface area contributed by atoms with E-state index in [4.69, 9.17) is 23.2 Å². The van der Waals surface area contributed by atoms with Gasteiger partial charge in [-0.1, -0.05) is 59.1 Å². The predicted molar refractivity (Wildman–Crippen MR) is 136 cm³/mol. The molecule has 34 heavy (non-hydrogen) atoms. The zero-order valence-corrected chi connectivity index (χ0v) is 20.8. The Labute approximate surface area is 212 Å². The van der Waals surface area contributed by atoms with Crippen LogP contribution < -0.4 is 5.32 Å². The topological polar surface area (TPSA) is 49.4 Å². The molecule has 176 valence electrons. The molecule has 1 fully saturated rings. The number of halogens is 3. The Bertz CT molecular complexity index is 1210. The molecule has 0 bridgehead atoms. The number of carbonyl (C=O) groups excluding carboxylic acids is 2. The van der Waals surface area contributed by atoms with Crippen molar-refractivity contribution in [2.45, 2.75) is 24.8 Å². The van der Waals surface area contributed by atoms with Gasteiger partial charge in [-0.15, -0.1) is 11.8 Å². The number of benzene rings is 3. The fraction of sp³-hybridized carbons (Fsp3) is 0.231. The number of hydrogen-bond acceptors (Lipinski definition) is 3. The lowest BCUT2D eigenvalue weighted by Gasteiger charge is -2.29. The molecule has 1 N–H and O–H groups in total. The molecular weight excluding hydrogens is 494 g/mol. The van der Waals surface area contributed by atoms with Crippen molar-refractivity contribution in [2.75, 3.05) is 12.3 Å². The summed E-state index contributed by atoms with van der Waals surface area (Å²) in [5, 5.41) is 3.56. The fourth-order valence-corrected chi connectivity index (χ4v) is 5.80. The van der Waals surface area contributed by atoms with Gasteiger partial charge in [-0.05, 0) is 60.9 Å². The minimum atomic E-state index is -0.687. The van der Waals surface area contributed by atoms with Crippen molar-refractivity contribution in [1.29, 1.82) is 0 Å². The number of hydrogen-bond donors (Lipinski definition) is 1. The van der Waals surface area contributed by atoms with Crippen LogP contribution in [-0.4, -0.2) is 35.1 Å². The van der Waals surface area contributed by atoms with Crippen molar-refractivity contribution in [1.82, 2.24) is 10.2 Å².